The van der Waals surface area contributed by atoms with Gasteiger partial charge in [0.15, 0.2) is 11.6 Å². The molecule has 3 heterocycles. The number of hydrogen-bond donors (Lipinski definition) is 0. The van der Waals surface area contributed by atoms with Gasteiger partial charge in [0.2, 0.25) is 5.95 Å². The molecular weight excluding hydrogens is 911 g/mol. The Morgan fingerprint density at radius 2 is 0.973 bits per heavy atom. The van der Waals surface area contributed by atoms with E-state index in [1.807, 2.05) is 25.2 Å². The lowest BCUT2D eigenvalue weighted by Crippen LogP contribution is -2.08. The zero-order chi connectivity index (χ0) is 50.0. The molecule has 0 amide bonds. The van der Waals surface area contributed by atoms with Gasteiger partial charge in [-0.1, -0.05) is 213 Å². The minimum absolute atomic E-state index is 0.533. The zero-order valence-electron chi connectivity index (χ0n) is 41.2. The van der Waals surface area contributed by atoms with Crippen LogP contribution in [0, 0.1) is 0 Å². The molecule has 352 valence electrons. The minimum Gasteiger partial charge on any atom is -0.309 e. The largest absolute Gasteiger partial charge is 0.309 e. The van der Waals surface area contributed by atoms with Crippen molar-refractivity contribution in [3.63, 3.8) is 0 Å². The average Bonchev–Trinajstić information content (AvgIpc) is 3.98. The van der Waals surface area contributed by atoms with Gasteiger partial charge in [0, 0.05) is 38.4 Å². The van der Waals surface area contributed by atoms with E-state index in [1.54, 1.807) is 6.08 Å². The van der Waals surface area contributed by atoms with Crippen molar-refractivity contribution in [1.82, 2.24) is 24.1 Å². The normalized spacial score (nSPS) is 12.1. The summed E-state index contributed by atoms with van der Waals surface area (Å²) in [6.45, 7) is 6.01. The fourth-order valence-electron chi connectivity index (χ4n) is 11.5. The van der Waals surface area contributed by atoms with Crippen LogP contribution < -0.4 is 0 Å². The van der Waals surface area contributed by atoms with Gasteiger partial charge < -0.3 is 4.57 Å². The monoisotopic (exact) mass is 957 g/mol. The summed E-state index contributed by atoms with van der Waals surface area (Å²) < 4.78 is 4.60. The molecule has 0 spiro atoms. The molecule has 14 rings (SSSR count). The topological polar surface area (TPSA) is 48.5 Å². The molecule has 0 aliphatic heterocycles. The van der Waals surface area contributed by atoms with E-state index in [4.69, 9.17) is 15.0 Å². The SMILES string of the molecule is C=C/C=C\C(=C/C)c1nc(-c2cccc(-c3c(-c4cccc5ccccc45)ccc4ccc(-c5cccc6ccccc56)cc34)c2)nc(-n2c3ccccc3c3cc4c(cc32)c2ccccc2n4-c2ccccc2)n1. The third kappa shape index (κ3) is 7.27. The molecule has 5 nitrogen and oxygen atoms in total. The van der Waals surface area contributed by atoms with Crippen LogP contribution in [0.4, 0.5) is 0 Å². The first-order valence-electron chi connectivity index (χ1n) is 25.5. The molecule has 11 aromatic carbocycles. The van der Waals surface area contributed by atoms with E-state index in [0.717, 1.165) is 88.1 Å². The van der Waals surface area contributed by atoms with Crippen LogP contribution >= 0.6 is 0 Å². The second-order valence-corrected chi connectivity index (χ2v) is 19.1. The fraction of sp³-hybridized carbons (Fsp3) is 0.0143. The molecule has 5 heteroatoms. The first-order chi connectivity index (χ1) is 37.1. The van der Waals surface area contributed by atoms with Gasteiger partial charge in [0.25, 0.3) is 0 Å². The molecule has 0 saturated heterocycles. The summed E-state index contributed by atoms with van der Waals surface area (Å²) in [7, 11) is 0. The van der Waals surface area contributed by atoms with Crippen LogP contribution in [-0.2, 0) is 0 Å². The summed E-state index contributed by atoms with van der Waals surface area (Å²) in [4.78, 5) is 16.2. The lowest BCUT2D eigenvalue weighted by Gasteiger charge is -2.18. The molecule has 3 aromatic heterocycles. The number of para-hydroxylation sites is 3. The van der Waals surface area contributed by atoms with E-state index in [9.17, 15) is 0 Å². The summed E-state index contributed by atoms with van der Waals surface area (Å²) in [6.07, 6.45) is 7.78. The van der Waals surface area contributed by atoms with E-state index in [1.165, 1.54) is 38.1 Å². The van der Waals surface area contributed by atoms with Crippen LogP contribution in [0.2, 0.25) is 0 Å². The van der Waals surface area contributed by atoms with Crippen LogP contribution in [0.15, 0.2) is 261 Å². The lowest BCUT2D eigenvalue weighted by atomic mass is 9.86. The van der Waals surface area contributed by atoms with Crippen molar-refractivity contribution in [3.05, 3.63) is 267 Å². The van der Waals surface area contributed by atoms with Crippen LogP contribution in [0.1, 0.15) is 12.7 Å². The van der Waals surface area contributed by atoms with Crippen LogP contribution in [0.5, 0.6) is 0 Å². The van der Waals surface area contributed by atoms with Gasteiger partial charge in [-0.2, -0.15) is 9.97 Å². The highest BCUT2D eigenvalue weighted by molar-refractivity contribution is 6.19. The highest BCUT2D eigenvalue weighted by Gasteiger charge is 2.23. The van der Waals surface area contributed by atoms with Gasteiger partial charge in [-0.3, -0.25) is 4.57 Å². The molecule has 0 unspecified atom stereocenters. The molecule has 75 heavy (non-hydrogen) atoms. The maximum atomic E-state index is 5.50. The molecule has 0 aliphatic carbocycles. The number of benzene rings is 11. The quantitative estimate of drug-likeness (QED) is 0.135. The number of aromatic nitrogens is 5. The van der Waals surface area contributed by atoms with Crippen molar-refractivity contribution in [3.8, 4) is 56.4 Å². The molecule has 0 fully saturated rings. The van der Waals surface area contributed by atoms with Crippen LogP contribution in [0.25, 0.3) is 138 Å². The van der Waals surface area contributed by atoms with Gasteiger partial charge >= 0.3 is 0 Å². The molecule has 14 aromatic rings. The molecule has 0 atom stereocenters. The Hall–Kier alpha value is -9.97. The van der Waals surface area contributed by atoms with Gasteiger partial charge in [0.05, 0.1) is 22.1 Å². The molecule has 0 N–H and O–H groups in total. The average molecular weight is 958 g/mol. The van der Waals surface area contributed by atoms with Crippen molar-refractivity contribution in [2.75, 3.05) is 0 Å². The third-order valence-corrected chi connectivity index (χ3v) is 14.9. The van der Waals surface area contributed by atoms with Gasteiger partial charge in [-0.25, -0.2) is 4.98 Å². The Kier molecular flexibility index (Phi) is 10.5. The first-order valence-corrected chi connectivity index (χ1v) is 25.5. The Labute approximate surface area is 434 Å². The molecule has 0 saturated carbocycles. The standard InChI is InChI=1S/C70H47N5/c1-3-5-20-45(4-2)68-71-69(73-70(72-68)75-64-36-16-14-32-58(64)62-43-65-61(44-66(62)75)57-31-13-15-35-63(57)74(65)52-27-7-6-8-28-52)51-26-17-25-50(41-51)67-59(56-34-19-24-47-22-10-12-30-54(47)56)40-39-48-37-38-49(42-60(48)67)55-33-18-23-46-21-9-11-29-53(46)55/h3-44H,1H2,2H3/b20-5-,45-4+. The lowest BCUT2D eigenvalue weighted by molar-refractivity contribution is 0.932. The highest BCUT2D eigenvalue weighted by atomic mass is 15.2. The Morgan fingerprint density at radius 3 is 1.69 bits per heavy atom. The molecule has 0 radical (unpaired) electrons. The first kappa shape index (κ1) is 43.8. The molecule has 0 aliphatic rings. The van der Waals surface area contributed by atoms with Crippen molar-refractivity contribution >= 4 is 81.5 Å². The fourth-order valence-corrected chi connectivity index (χ4v) is 11.5. The second-order valence-electron chi connectivity index (χ2n) is 19.1. The Bertz CT molecular complexity index is 4670. The summed E-state index contributed by atoms with van der Waals surface area (Å²) >= 11 is 0. The van der Waals surface area contributed by atoms with E-state index in [-0.39, 0.29) is 0 Å². The van der Waals surface area contributed by atoms with Gasteiger partial charge in [-0.15, -0.1) is 0 Å². The van der Waals surface area contributed by atoms with E-state index in [2.05, 4.69) is 246 Å². The minimum atomic E-state index is 0.533. The van der Waals surface area contributed by atoms with E-state index >= 15 is 0 Å². The maximum Gasteiger partial charge on any atom is 0.238 e. The second kappa shape index (κ2) is 18.0. The van der Waals surface area contributed by atoms with Crippen molar-refractivity contribution < 1.29 is 0 Å². The molecule has 0 bridgehead atoms. The number of fused-ring (bicyclic) bond motifs is 9. The van der Waals surface area contributed by atoms with Crippen LogP contribution in [-0.4, -0.2) is 24.1 Å². The smallest absolute Gasteiger partial charge is 0.238 e. The van der Waals surface area contributed by atoms with Crippen molar-refractivity contribution in [2.24, 2.45) is 0 Å². The number of rotatable bonds is 9. The van der Waals surface area contributed by atoms with Gasteiger partial charge in [0.1, 0.15) is 0 Å². The van der Waals surface area contributed by atoms with E-state index in [0.29, 0.717) is 17.6 Å². The zero-order valence-corrected chi connectivity index (χ0v) is 41.2. The van der Waals surface area contributed by atoms with Crippen molar-refractivity contribution in [1.29, 1.82) is 0 Å². The number of allylic oxidation sites excluding steroid dienone is 5. The summed E-state index contributed by atoms with van der Waals surface area (Å²) in [6, 6.07) is 83.3. The van der Waals surface area contributed by atoms with Crippen LogP contribution in [0.3, 0.4) is 0 Å². The summed E-state index contributed by atoms with van der Waals surface area (Å²) in [5.41, 5.74) is 14.1. The number of nitrogens with zero attached hydrogens (tertiary/aromatic N) is 5. The predicted molar refractivity (Wildman–Crippen MR) is 316 cm³/mol. The summed E-state index contributed by atoms with van der Waals surface area (Å²) in [5.74, 6) is 1.67. The Morgan fingerprint density at radius 1 is 0.400 bits per heavy atom. The van der Waals surface area contributed by atoms with Gasteiger partial charge in [-0.05, 0) is 121 Å². The van der Waals surface area contributed by atoms with E-state index < -0.39 is 0 Å². The molecular formula is C70H47N5. The Balaban J connectivity index is 1.02. The third-order valence-electron chi connectivity index (χ3n) is 14.9. The maximum absolute atomic E-state index is 5.50. The summed E-state index contributed by atoms with van der Waals surface area (Å²) in [5, 5.41) is 11.7. The van der Waals surface area contributed by atoms with Crippen molar-refractivity contribution in [2.45, 2.75) is 6.92 Å². The highest BCUT2D eigenvalue weighted by Crippen LogP contribution is 2.44. The number of hydrogen-bond acceptors (Lipinski definition) is 3. The predicted octanol–water partition coefficient (Wildman–Crippen LogP) is 18.3.